The van der Waals surface area contributed by atoms with Gasteiger partial charge in [0.15, 0.2) is 0 Å². The summed E-state index contributed by atoms with van der Waals surface area (Å²) in [4.78, 5) is 19.0. The van der Waals surface area contributed by atoms with Crippen molar-refractivity contribution in [2.24, 2.45) is 0 Å². The first-order valence-electron chi connectivity index (χ1n) is 7.87. The molecule has 3 rings (SSSR count). The molecule has 0 spiro atoms. The number of aromatic nitrogens is 1. The van der Waals surface area contributed by atoms with Crippen molar-refractivity contribution in [2.45, 2.75) is 25.8 Å². The quantitative estimate of drug-likeness (QED) is 0.947. The van der Waals surface area contributed by atoms with Crippen molar-refractivity contribution < 1.29 is 9.18 Å². The Morgan fingerprint density at radius 3 is 2.87 bits per heavy atom. The highest BCUT2D eigenvalue weighted by molar-refractivity contribution is 5.94. The van der Waals surface area contributed by atoms with E-state index in [1.54, 1.807) is 12.1 Å². The molecule has 1 N–H and O–H groups in total. The number of halogens is 1. The summed E-state index contributed by atoms with van der Waals surface area (Å²) in [7, 11) is 0. The smallest absolute Gasteiger partial charge is 0.254 e. The van der Waals surface area contributed by atoms with Gasteiger partial charge in [0.25, 0.3) is 5.91 Å². The molecule has 1 amide bonds. The first kappa shape index (κ1) is 15.5. The first-order chi connectivity index (χ1) is 11.1. The van der Waals surface area contributed by atoms with Gasteiger partial charge in [0.1, 0.15) is 11.6 Å². The van der Waals surface area contributed by atoms with Crippen molar-refractivity contribution in [1.29, 1.82) is 0 Å². The molecule has 1 aromatic carbocycles. The number of benzene rings is 1. The van der Waals surface area contributed by atoms with E-state index in [1.165, 1.54) is 12.1 Å². The summed E-state index contributed by atoms with van der Waals surface area (Å²) >= 11 is 0. The second-order valence-electron chi connectivity index (χ2n) is 5.88. The van der Waals surface area contributed by atoms with E-state index in [9.17, 15) is 9.18 Å². The average Bonchev–Trinajstić information content (AvgIpc) is 2.55. The van der Waals surface area contributed by atoms with Crippen LogP contribution in [0.25, 0.3) is 0 Å². The molecule has 4 nitrogen and oxygen atoms in total. The van der Waals surface area contributed by atoms with Crippen molar-refractivity contribution in [3.8, 4) is 0 Å². The van der Waals surface area contributed by atoms with Crippen LogP contribution in [0.15, 0.2) is 42.5 Å². The lowest BCUT2D eigenvalue weighted by Gasteiger charge is -2.34. The van der Waals surface area contributed by atoms with E-state index in [0.717, 1.165) is 30.9 Å². The van der Waals surface area contributed by atoms with Gasteiger partial charge in [-0.25, -0.2) is 9.37 Å². The lowest BCUT2D eigenvalue weighted by atomic mass is 10.0. The molecular formula is C18H20FN3O. The molecular weight excluding hydrogens is 293 g/mol. The summed E-state index contributed by atoms with van der Waals surface area (Å²) in [5.74, 6) is 0.0833. The van der Waals surface area contributed by atoms with Gasteiger partial charge < -0.3 is 10.2 Å². The van der Waals surface area contributed by atoms with Gasteiger partial charge in [-0.3, -0.25) is 4.79 Å². The summed E-state index contributed by atoms with van der Waals surface area (Å²) in [5, 5.41) is 2.94. The molecule has 0 saturated carbocycles. The van der Waals surface area contributed by atoms with E-state index in [2.05, 4.69) is 15.2 Å². The van der Waals surface area contributed by atoms with E-state index < -0.39 is 5.82 Å². The van der Waals surface area contributed by atoms with Gasteiger partial charge in [0.2, 0.25) is 0 Å². The van der Waals surface area contributed by atoms with Crippen LogP contribution >= 0.6 is 0 Å². The van der Waals surface area contributed by atoms with E-state index >= 15 is 0 Å². The fourth-order valence-corrected chi connectivity index (χ4v) is 2.92. The molecule has 1 atom stereocenters. The Labute approximate surface area is 135 Å². The predicted octanol–water partition coefficient (Wildman–Crippen LogP) is 2.93. The maximum atomic E-state index is 13.7. The molecule has 1 aliphatic heterocycles. The van der Waals surface area contributed by atoms with E-state index in [4.69, 9.17) is 0 Å². The third-order valence-corrected chi connectivity index (χ3v) is 4.07. The molecule has 2 heterocycles. The molecule has 1 aliphatic rings. The van der Waals surface area contributed by atoms with E-state index in [1.807, 2.05) is 25.1 Å². The molecule has 2 aromatic rings. The number of hydrogen-bond acceptors (Lipinski definition) is 3. The normalized spacial score (nSPS) is 17.8. The maximum absolute atomic E-state index is 13.7. The fraction of sp³-hybridized carbons (Fsp3) is 0.333. The van der Waals surface area contributed by atoms with Gasteiger partial charge in [0.05, 0.1) is 5.56 Å². The Hall–Kier alpha value is -2.43. The third-order valence-electron chi connectivity index (χ3n) is 4.07. The van der Waals surface area contributed by atoms with Crippen molar-refractivity contribution in [2.75, 3.05) is 18.0 Å². The van der Waals surface area contributed by atoms with Crippen molar-refractivity contribution >= 4 is 11.7 Å². The third kappa shape index (κ3) is 3.67. The number of carbonyl (C=O) groups excluding carboxylic acids is 1. The summed E-state index contributed by atoms with van der Waals surface area (Å²) in [6.07, 6.45) is 1.86. The second-order valence-corrected chi connectivity index (χ2v) is 5.88. The predicted molar refractivity (Wildman–Crippen MR) is 88.1 cm³/mol. The van der Waals surface area contributed by atoms with Crippen LogP contribution in [0.1, 0.15) is 28.9 Å². The maximum Gasteiger partial charge on any atom is 0.254 e. The minimum absolute atomic E-state index is 0.00170. The highest BCUT2D eigenvalue weighted by atomic mass is 19.1. The lowest BCUT2D eigenvalue weighted by Crippen LogP contribution is -2.48. The van der Waals surface area contributed by atoms with E-state index in [0.29, 0.717) is 6.54 Å². The Kier molecular flexibility index (Phi) is 4.55. The molecule has 5 heteroatoms. The van der Waals surface area contributed by atoms with Crippen LogP contribution in [0.3, 0.4) is 0 Å². The van der Waals surface area contributed by atoms with Gasteiger partial charge in [-0.1, -0.05) is 18.2 Å². The lowest BCUT2D eigenvalue weighted by molar-refractivity contribution is 0.0929. The van der Waals surface area contributed by atoms with Gasteiger partial charge in [-0.2, -0.15) is 0 Å². The zero-order chi connectivity index (χ0) is 16.2. The zero-order valence-corrected chi connectivity index (χ0v) is 13.1. The number of pyridine rings is 1. The van der Waals surface area contributed by atoms with Crippen molar-refractivity contribution in [1.82, 2.24) is 10.3 Å². The monoisotopic (exact) mass is 313 g/mol. The first-order valence-corrected chi connectivity index (χ1v) is 7.87. The van der Waals surface area contributed by atoms with Crippen LogP contribution in [0.2, 0.25) is 0 Å². The molecule has 0 bridgehead atoms. The fourth-order valence-electron chi connectivity index (χ4n) is 2.92. The minimum atomic E-state index is -0.488. The molecule has 0 unspecified atom stereocenters. The number of carbonyl (C=O) groups is 1. The van der Waals surface area contributed by atoms with Crippen LogP contribution in [-0.2, 0) is 0 Å². The topological polar surface area (TPSA) is 45.2 Å². The van der Waals surface area contributed by atoms with Crippen molar-refractivity contribution in [3.63, 3.8) is 0 Å². The molecule has 120 valence electrons. The second kappa shape index (κ2) is 6.77. The summed E-state index contributed by atoms with van der Waals surface area (Å²) in [6, 6.07) is 12.0. The Bertz CT molecular complexity index is 704. The van der Waals surface area contributed by atoms with Gasteiger partial charge >= 0.3 is 0 Å². The number of hydrogen-bond donors (Lipinski definition) is 1. The Balaban J connectivity index is 1.67. The number of nitrogens with zero attached hydrogens (tertiary/aromatic N) is 2. The summed E-state index contributed by atoms with van der Waals surface area (Å²) in [6.45, 7) is 3.57. The van der Waals surface area contributed by atoms with Crippen LogP contribution in [0, 0.1) is 12.7 Å². The Morgan fingerprint density at radius 1 is 1.26 bits per heavy atom. The molecule has 1 saturated heterocycles. The van der Waals surface area contributed by atoms with Gasteiger partial charge in [0, 0.05) is 24.8 Å². The number of piperidine rings is 1. The minimum Gasteiger partial charge on any atom is -0.355 e. The molecule has 23 heavy (non-hydrogen) atoms. The van der Waals surface area contributed by atoms with Crippen LogP contribution in [0.5, 0.6) is 0 Å². The number of nitrogens with one attached hydrogen (secondary N) is 1. The van der Waals surface area contributed by atoms with E-state index in [-0.39, 0.29) is 17.5 Å². The highest BCUT2D eigenvalue weighted by Crippen LogP contribution is 2.18. The molecule has 0 radical (unpaired) electrons. The van der Waals surface area contributed by atoms with Crippen LogP contribution in [-0.4, -0.2) is 30.0 Å². The van der Waals surface area contributed by atoms with Crippen molar-refractivity contribution in [3.05, 3.63) is 59.5 Å². The van der Waals surface area contributed by atoms with Crippen LogP contribution < -0.4 is 10.2 Å². The number of amides is 1. The van der Waals surface area contributed by atoms with Gasteiger partial charge in [-0.05, 0) is 44.0 Å². The summed E-state index contributed by atoms with van der Waals surface area (Å²) < 4.78 is 13.7. The Morgan fingerprint density at radius 2 is 2.09 bits per heavy atom. The number of aryl methyl sites for hydroxylation is 1. The average molecular weight is 313 g/mol. The standard InChI is InChI=1S/C18H20FN3O/c1-13-6-4-10-17(20-13)22-11-5-7-14(12-22)21-18(23)15-8-2-3-9-16(15)19/h2-4,6,8-10,14H,5,7,11-12H2,1H3,(H,21,23)/t14-/m0/s1. The largest absolute Gasteiger partial charge is 0.355 e. The van der Waals surface area contributed by atoms with Crippen LogP contribution in [0.4, 0.5) is 10.2 Å². The zero-order valence-electron chi connectivity index (χ0n) is 13.1. The molecule has 0 aliphatic carbocycles. The highest BCUT2D eigenvalue weighted by Gasteiger charge is 2.23. The summed E-state index contributed by atoms with van der Waals surface area (Å²) in [5.41, 5.74) is 1.07. The van der Waals surface area contributed by atoms with Gasteiger partial charge in [-0.15, -0.1) is 0 Å². The SMILES string of the molecule is Cc1cccc(N2CCC[C@H](NC(=O)c3ccccc3F)C2)n1. The number of anilines is 1. The molecule has 1 fully saturated rings. The molecule has 1 aromatic heterocycles. The number of rotatable bonds is 3.